The Kier molecular flexibility index (Phi) is 2.95. The second-order valence-corrected chi connectivity index (χ2v) is 6.15. The Balaban J connectivity index is 2.13. The molecule has 1 unspecified atom stereocenters. The number of benzene rings is 1. The number of rotatable bonds is 2. The van der Waals surface area contributed by atoms with E-state index in [0.29, 0.717) is 0 Å². The van der Waals surface area contributed by atoms with Crippen LogP contribution >= 0.6 is 34.3 Å². The lowest BCUT2D eigenvalue weighted by Gasteiger charge is -2.08. The quantitative estimate of drug-likeness (QED) is 0.535. The van der Waals surface area contributed by atoms with Gasteiger partial charge in [-0.3, -0.25) is 0 Å². The van der Waals surface area contributed by atoms with Gasteiger partial charge in [-0.15, -0.1) is 22.9 Å². The van der Waals surface area contributed by atoms with Gasteiger partial charge in [0.2, 0.25) is 0 Å². The Labute approximate surface area is 113 Å². The van der Waals surface area contributed by atoms with E-state index < -0.39 is 0 Å². The van der Waals surface area contributed by atoms with E-state index in [-0.39, 0.29) is 5.38 Å². The maximum Gasteiger partial charge on any atom is 0.0860 e. The molecule has 0 amide bonds. The first-order chi connectivity index (χ1) is 8.27. The molecule has 1 aromatic carbocycles. The molecule has 0 aliphatic heterocycles. The van der Waals surface area contributed by atoms with E-state index in [1.165, 1.54) is 26.8 Å². The zero-order chi connectivity index (χ0) is 11.8. The van der Waals surface area contributed by atoms with E-state index in [0.717, 1.165) is 0 Å². The molecule has 3 heteroatoms. The smallest absolute Gasteiger partial charge is 0.0860 e. The van der Waals surface area contributed by atoms with Gasteiger partial charge in [0.1, 0.15) is 0 Å². The second kappa shape index (κ2) is 4.45. The maximum atomic E-state index is 6.61. The Hall–Kier alpha value is -0.830. The molecule has 2 heterocycles. The Morgan fingerprint density at radius 1 is 1.06 bits per heavy atom. The zero-order valence-electron chi connectivity index (χ0n) is 9.31. The highest BCUT2D eigenvalue weighted by atomic mass is 35.5. The lowest BCUT2D eigenvalue weighted by atomic mass is 10.0. The van der Waals surface area contributed by atoms with Gasteiger partial charge in [-0.1, -0.05) is 18.2 Å². The molecule has 0 radical (unpaired) electrons. The summed E-state index contributed by atoms with van der Waals surface area (Å²) >= 11 is 10.1. The Morgan fingerprint density at radius 3 is 2.65 bits per heavy atom. The number of hydrogen-bond acceptors (Lipinski definition) is 2. The highest BCUT2D eigenvalue weighted by molar-refractivity contribution is 7.17. The molecule has 86 valence electrons. The normalized spacial score (nSPS) is 13.1. The predicted molar refractivity (Wildman–Crippen MR) is 78.6 cm³/mol. The fourth-order valence-corrected chi connectivity index (χ4v) is 4.42. The number of hydrogen-bond donors (Lipinski definition) is 0. The van der Waals surface area contributed by atoms with Crippen molar-refractivity contribution in [3.63, 3.8) is 0 Å². The van der Waals surface area contributed by atoms with Gasteiger partial charge in [0.15, 0.2) is 0 Å². The van der Waals surface area contributed by atoms with Gasteiger partial charge in [0.05, 0.1) is 5.38 Å². The summed E-state index contributed by atoms with van der Waals surface area (Å²) in [5.74, 6) is 0. The van der Waals surface area contributed by atoms with Crippen LogP contribution in [0.1, 0.15) is 22.1 Å². The summed E-state index contributed by atoms with van der Waals surface area (Å²) in [5.41, 5.74) is 3.75. The minimum absolute atomic E-state index is 0.0302. The van der Waals surface area contributed by atoms with E-state index in [1.807, 2.05) is 0 Å². The maximum absolute atomic E-state index is 6.61. The van der Waals surface area contributed by atoms with E-state index in [9.17, 15) is 0 Å². The van der Waals surface area contributed by atoms with Crippen molar-refractivity contribution in [1.29, 1.82) is 0 Å². The van der Waals surface area contributed by atoms with E-state index >= 15 is 0 Å². The highest BCUT2D eigenvalue weighted by Crippen LogP contribution is 2.39. The number of halogens is 1. The van der Waals surface area contributed by atoms with Crippen LogP contribution in [0.15, 0.2) is 40.4 Å². The van der Waals surface area contributed by atoms with E-state index in [1.54, 1.807) is 22.7 Å². The standard InChI is InChI=1S/C14H11ClS2/c1-9-6-16-7-11(9)14(15)12-8-17-13-5-3-2-4-10(12)13/h2-8,14H,1H3. The van der Waals surface area contributed by atoms with Crippen molar-refractivity contribution in [2.75, 3.05) is 0 Å². The fourth-order valence-electron chi connectivity index (χ4n) is 1.99. The summed E-state index contributed by atoms with van der Waals surface area (Å²) in [7, 11) is 0. The first-order valence-corrected chi connectivity index (χ1v) is 7.66. The third-order valence-electron chi connectivity index (χ3n) is 2.95. The van der Waals surface area contributed by atoms with E-state index in [4.69, 9.17) is 11.6 Å². The SMILES string of the molecule is Cc1cscc1C(Cl)c1csc2ccccc12. The Morgan fingerprint density at radius 2 is 1.88 bits per heavy atom. The van der Waals surface area contributed by atoms with Crippen LogP contribution in [-0.2, 0) is 0 Å². The Bertz CT molecular complexity index is 651. The molecule has 0 spiro atoms. The highest BCUT2D eigenvalue weighted by Gasteiger charge is 2.17. The van der Waals surface area contributed by atoms with Gasteiger partial charge < -0.3 is 0 Å². The molecular formula is C14H11ClS2. The predicted octanol–water partition coefficient (Wildman–Crippen LogP) is 5.60. The van der Waals surface area contributed by atoms with Crippen LogP contribution in [0.2, 0.25) is 0 Å². The molecule has 3 aromatic rings. The van der Waals surface area contributed by atoms with Gasteiger partial charge >= 0.3 is 0 Å². The van der Waals surface area contributed by atoms with Gasteiger partial charge in [-0.25, -0.2) is 0 Å². The summed E-state index contributed by atoms with van der Waals surface area (Å²) in [4.78, 5) is 0. The topological polar surface area (TPSA) is 0 Å². The molecule has 17 heavy (non-hydrogen) atoms. The molecule has 3 rings (SSSR count). The van der Waals surface area contributed by atoms with Crippen LogP contribution in [0.25, 0.3) is 10.1 Å². The molecule has 0 aliphatic rings. The third-order valence-corrected chi connectivity index (χ3v) is 5.28. The molecule has 1 atom stereocenters. The van der Waals surface area contributed by atoms with Crippen molar-refractivity contribution >= 4 is 44.4 Å². The number of fused-ring (bicyclic) bond motifs is 1. The van der Waals surface area contributed by atoms with Crippen molar-refractivity contribution in [2.24, 2.45) is 0 Å². The van der Waals surface area contributed by atoms with Crippen LogP contribution < -0.4 is 0 Å². The second-order valence-electron chi connectivity index (χ2n) is 4.06. The van der Waals surface area contributed by atoms with Crippen molar-refractivity contribution in [3.05, 3.63) is 57.1 Å². The average Bonchev–Trinajstić information content (AvgIpc) is 2.94. The molecule has 0 aliphatic carbocycles. The zero-order valence-corrected chi connectivity index (χ0v) is 11.7. The largest absolute Gasteiger partial charge is 0.152 e. The number of alkyl halides is 1. The molecule has 0 fully saturated rings. The van der Waals surface area contributed by atoms with Crippen LogP contribution in [0.3, 0.4) is 0 Å². The van der Waals surface area contributed by atoms with Crippen LogP contribution in [-0.4, -0.2) is 0 Å². The summed E-state index contributed by atoms with van der Waals surface area (Å²) in [6.45, 7) is 2.12. The summed E-state index contributed by atoms with van der Waals surface area (Å²) in [6, 6.07) is 8.44. The molecule has 0 saturated carbocycles. The molecule has 0 nitrogen and oxygen atoms in total. The van der Waals surface area contributed by atoms with Crippen molar-refractivity contribution in [3.8, 4) is 0 Å². The molecule has 0 N–H and O–H groups in total. The summed E-state index contributed by atoms with van der Waals surface area (Å²) in [5, 5.41) is 7.73. The lowest BCUT2D eigenvalue weighted by Crippen LogP contribution is -1.91. The fraction of sp³-hybridized carbons (Fsp3) is 0.143. The number of aryl methyl sites for hydroxylation is 1. The minimum atomic E-state index is -0.0302. The van der Waals surface area contributed by atoms with Crippen molar-refractivity contribution < 1.29 is 0 Å². The number of thiophene rings is 2. The third kappa shape index (κ3) is 1.90. The van der Waals surface area contributed by atoms with Gasteiger partial charge in [-0.2, -0.15) is 11.3 Å². The van der Waals surface area contributed by atoms with Crippen LogP contribution in [0.5, 0.6) is 0 Å². The molecule has 2 aromatic heterocycles. The van der Waals surface area contributed by atoms with Crippen molar-refractivity contribution in [1.82, 2.24) is 0 Å². The van der Waals surface area contributed by atoms with Crippen molar-refractivity contribution in [2.45, 2.75) is 12.3 Å². The van der Waals surface area contributed by atoms with Gasteiger partial charge in [0, 0.05) is 4.70 Å². The monoisotopic (exact) mass is 278 g/mol. The van der Waals surface area contributed by atoms with Crippen LogP contribution in [0.4, 0.5) is 0 Å². The molecular weight excluding hydrogens is 268 g/mol. The van der Waals surface area contributed by atoms with Gasteiger partial charge in [-0.05, 0) is 51.2 Å². The summed E-state index contributed by atoms with van der Waals surface area (Å²) in [6.07, 6.45) is 0. The molecule has 0 bridgehead atoms. The first kappa shape index (κ1) is 11.3. The van der Waals surface area contributed by atoms with Crippen LogP contribution in [0, 0.1) is 6.92 Å². The minimum Gasteiger partial charge on any atom is -0.152 e. The lowest BCUT2D eigenvalue weighted by molar-refractivity contribution is 1.16. The first-order valence-electron chi connectivity index (χ1n) is 5.40. The molecule has 0 saturated heterocycles. The van der Waals surface area contributed by atoms with E-state index in [2.05, 4.69) is 47.3 Å². The summed E-state index contributed by atoms with van der Waals surface area (Å²) < 4.78 is 1.31. The average molecular weight is 279 g/mol. The van der Waals surface area contributed by atoms with Gasteiger partial charge in [0.25, 0.3) is 0 Å².